The number of phenols is 1. The molecular weight excluding hydrogens is 440 g/mol. The number of ether oxygens (including phenoxy) is 2. The molecule has 2 aromatic heterocycles. The molecule has 3 heterocycles. The summed E-state index contributed by atoms with van der Waals surface area (Å²) in [5.74, 6) is 1.72. The Labute approximate surface area is 197 Å². The van der Waals surface area contributed by atoms with Crippen molar-refractivity contribution in [2.45, 2.75) is 44.5 Å². The Morgan fingerprint density at radius 3 is 2.79 bits per heavy atom. The van der Waals surface area contributed by atoms with Crippen LogP contribution in [0.4, 0.5) is 5.95 Å². The SMILES string of the molecule is COc1cccc(O)c1-n1c(NSC(C)C(C)c2cnc(C)cn2)nnc1C1C=CCCO1. The summed E-state index contributed by atoms with van der Waals surface area (Å²) in [5.41, 5.74) is 2.27. The largest absolute Gasteiger partial charge is 0.506 e. The third-order valence-corrected chi connectivity index (χ3v) is 6.64. The summed E-state index contributed by atoms with van der Waals surface area (Å²) >= 11 is 1.50. The second-order valence-electron chi connectivity index (χ2n) is 7.85. The maximum atomic E-state index is 10.7. The van der Waals surface area contributed by atoms with E-state index in [2.05, 4.69) is 44.8 Å². The Balaban J connectivity index is 1.64. The molecule has 0 spiro atoms. The second kappa shape index (κ2) is 10.2. The van der Waals surface area contributed by atoms with Gasteiger partial charge in [0.15, 0.2) is 5.82 Å². The van der Waals surface area contributed by atoms with E-state index in [1.807, 2.05) is 19.2 Å². The molecule has 0 saturated carbocycles. The summed E-state index contributed by atoms with van der Waals surface area (Å²) in [6.07, 6.45) is 8.08. The minimum Gasteiger partial charge on any atom is -0.506 e. The number of benzene rings is 1. The third kappa shape index (κ3) is 4.96. The van der Waals surface area contributed by atoms with Crippen LogP contribution < -0.4 is 9.46 Å². The van der Waals surface area contributed by atoms with E-state index in [0.29, 0.717) is 29.8 Å². The van der Waals surface area contributed by atoms with Crippen LogP contribution in [-0.4, -0.2) is 48.8 Å². The molecule has 2 N–H and O–H groups in total. The molecule has 33 heavy (non-hydrogen) atoms. The molecule has 3 atom stereocenters. The van der Waals surface area contributed by atoms with Crippen molar-refractivity contribution in [3.8, 4) is 17.2 Å². The number of aromatic nitrogens is 5. The van der Waals surface area contributed by atoms with Crippen LogP contribution in [0.5, 0.6) is 11.5 Å². The van der Waals surface area contributed by atoms with Gasteiger partial charge in [0.2, 0.25) is 5.95 Å². The number of rotatable bonds is 8. The number of nitrogens with one attached hydrogen (secondary N) is 1. The fourth-order valence-corrected chi connectivity index (χ4v) is 4.26. The third-order valence-electron chi connectivity index (χ3n) is 5.56. The number of para-hydroxylation sites is 1. The van der Waals surface area contributed by atoms with Crippen molar-refractivity contribution < 1.29 is 14.6 Å². The van der Waals surface area contributed by atoms with Crippen LogP contribution in [0.2, 0.25) is 0 Å². The first kappa shape index (κ1) is 23.1. The number of anilines is 1. The Kier molecular flexibility index (Phi) is 7.14. The molecule has 0 saturated heterocycles. The Hall–Kier alpha value is -3.11. The Morgan fingerprint density at radius 1 is 1.24 bits per heavy atom. The number of methoxy groups -OCH3 is 1. The molecule has 3 unspecified atom stereocenters. The fraction of sp³-hybridized carbons (Fsp3) is 0.391. The van der Waals surface area contributed by atoms with Crippen molar-refractivity contribution in [1.82, 2.24) is 24.7 Å². The molecule has 0 aliphatic carbocycles. The van der Waals surface area contributed by atoms with Gasteiger partial charge in [-0.15, -0.1) is 10.2 Å². The average molecular weight is 469 g/mol. The summed E-state index contributed by atoms with van der Waals surface area (Å²) < 4.78 is 16.5. The topological polar surface area (TPSA) is 107 Å². The lowest BCUT2D eigenvalue weighted by Crippen LogP contribution is -2.16. The summed E-state index contributed by atoms with van der Waals surface area (Å²) in [6.45, 7) is 6.74. The molecule has 9 nitrogen and oxygen atoms in total. The number of nitrogens with zero attached hydrogens (tertiary/aromatic N) is 5. The van der Waals surface area contributed by atoms with E-state index in [0.717, 1.165) is 17.8 Å². The number of aromatic hydroxyl groups is 1. The van der Waals surface area contributed by atoms with Crippen LogP contribution >= 0.6 is 11.9 Å². The van der Waals surface area contributed by atoms with Crippen LogP contribution in [0.1, 0.15) is 49.5 Å². The molecule has 0 radical (unpaired) electrons. The second-order valence-corrected chi connectivity index (χ2v) is 9.03. The molecule has 1 aliphatic heterocycles. The van der Waals surface area contributed by atoms with Gasteiger partial charge in [0.25, 0.3) is 0 Å². The minimum atomic E-state index is -0.379. The van der Waals surface area contributed by atoms with Gasteiger partial charge in [-0.3, -0.25) is 19.3 Å². The fourth-order valence-electron chi connectivity index (χ4n) is 3.49. The molecule has 0 bridgehead atoms. The van der Waals surface area contributed by atoms with Gasteiger partial charge in [0.05, 0.1) is 25.1 Å². The molecule has 0 fully saturated rings. The van der Waals surface area contributed by atoms with E-state index in [4.69, 9.17) is 9.47 Å². The Bertz CT molecular complexity index is 1120. The lowest BCUT2D eigenvalue weighted by molar-refractivity contribution is 0.0730. The van der Waals surface area contributed by atoms with Crippen molar-refractivity contribution in [3.05, 3.63) is 60.0 Å². The van der Waals surface area contributed by atoms with Crippen LogP contribution in [0, 0.1) is 6.92 Å². The van der Waals surface area contributed by atoms with Crippen molar-refractivity contribution in [2.24, 2.45) is 0 Å². The highest BCUT2D eigenvalue weighted by Gasteiger charge is 2.27. The van der Waals surface area contributed by atoms with Crippen molar-refractivity contribution in [2.75, 3.05) is 18.4 Å². The van der Waals surface area contributed by atoms with E-state index in [1.54, 1.807) is 36.1 Å². The van der Waals surface area contributed by atoms with Crippen LogP contribution in [0.15, 0.2) is 42.7 Å². The van der Waals surface area contributed by atoms with Crippen molar-refractivity contribution in [3.63, 3.8) is 0 Å². The first-order chi connectivity index (χ1) is 16.0. The summed E-state index contributed by atoms with van der Waals surface area (Å²) in [4.78, 5) is 8.87. The number of hydrogen-bond acceptors (Lipinski definition) is 9. The van der Waals surface area contributed by atoms with Gasteiger partial charge in [0.1, 0.15) is 23.3 Å². The van der Waals surface area contributed by atoms with Gasteiger partial charge in [0, 0.05) is 23.6 Å². The highest BCUT2D eigenvalue weighted by atomic mass is 32.2. The lowest BCUT2D eigenvalue weighted by Gasteiger charge is -2.22. The van der Waals surface area contributed by atoms with Gasteiger partial charge in [-0.25, -0.2) is 0 Å². The summed E-state index contributed by atoms with van der Waals surface area (Å²) in [5, 5.41) is 19.6. The maximum Gasteiger partial charge on any atom is 0.239 e. The molecule has 3 aromatic rings. The van der Waals surface area contributed by atoms with Crippen LogP contribution in [0.3, 0.4) is 0 Å². The first-order valence-electron chi connectivity index (χ1n) is 10.8. The van der Waals surface area contributed by atoms with Crippen LogP contribution in [0.25, 0.3) is 5.69 Å². The monoisotopic (exact) mass is 468 g/mol. The van der Waals surface area contributed by atoms with E-state index in [9.17, 15) is 5.11 Å². The van der Waals surface area contributed by atoms with Gasteiger partial charge in [-0.2, -0.15) is 0 Å². The molecule has 10 heteroatoms. The van der Waals surface area contributed by atoms with E-state index < -0.39 is 0 Å². The molecular formula is C23H28N6O3S. The Morgan fingerprint density at radius 2 is 2.09 bits per heavy atom. The quantitative estimate of drug-likeness (QED) is 0.368. The molecule has 0 amide bonds. The van der Waals surface area contributed by atoms with E-state index in [-0.39, 0.29) is 23.0 Å². The van der Waals surface area contributed by atoms with Gasteiger partial charge in [-0.05, 0) is 37.4 Å². The number of hydrogen-bond donors (Lipinski definition) is 2. The smallest absolute Gasteiger partial charge is 0.239 e. The lowest BCUT2D eigenvalue weighted by atomic mass is 10.1. The van der Waals surface area contributed by atoms with Crippen molar-refractivity contribution in [1.29, 1.82) is 0 Å². The van der Waals surface area contributed by atoms with Crippen molar-refractivity contribution >= 4 is 17.9 Å². The molecule has 1 aromatic carbocycles. The molecule has 174 valence electrons. The zero-order valence-corrected chi connectivity index (χ0v) is 19.9. The van der Waals surface area contributed by atoms with E-state index >= 15 is 0 Å². The summed E-state index contributed by atoms with van der Waals surface area (Å²) in [6, 6.07) is 5.12. The van der Waals surface area contributed by atoms with Crippen LogP contribution in [-0.2, 0) is 4.74 Å². The predicted molar refractivity (Wildman–Crippen MR) is 128 cm³/mol. The van der Waals surface area contributed by atoms with Gasteiger partial charge < -0.3 is 14.6 Å². The molecule has 4 rings (SSSR count). The number of aryl methyl sites for hydroxylation is 1. The minimum absolute atomic E-state index is 0.0552. The first-order valence-corrected chi connectivity index (χ1v) is 11.7. The predicted octanol–water partition coefficient (Wildman–Crippen LogP) is 4.35. The van der Waals surface area contributed by atoms with Gasteiger partial charge >= 0.3 is 0 Å². The van der Waals surface area contributed by atoms with E-state index in [1.165, 1.54) is 11.9 Å². The molecule has 1 aliphatic rings. The standard InChI is InChI=1S/C23H28N6O3S/c1-14-12-25-17(13-24-14)15(2)16(3)33-28-23-27-26-22(20-9-5-6-11-32-20)29(23)21-18(30)8-7-10-19(21)31-4/h5,7-10,12-13,15-16,20,30H,6,11H2,1-4H3,(H,27,28). The zero-order valence-electron chi connectivity index (χ0n) is 19.1. The van der Waals surface area contributed by atoms with Gasteiger partial charge in [-0.1, -0.05) is 32.1 Å². The highest BCUT2D eigenvalue weighted by Crippen LogP contribution is 2.38. The summed E-state index contributed by atoms with van der Waals surface area (Å²) in [7, 11) is 1.56. The normalized spacial score (nSPS) is 17.5. The average Bonchev–Trinajstić information content (AvgIpc) is 3.26. The zero-order chi connectivity index (χ0) is 23.4. The highest BCUT2D eigenvalue weighted by molar-refractivity contribution is 8.01. The number of phenolic OH excluding ortho intramolecular Hbond substituents is 1. The maximum absolute atomic E-state index is 10.7.